The van der Waals surface area contributed by atoms with Gasteiger partial charge in [0.15, 0.2) is 0 Å². The molecule has 0 aliphatic carbocycles. The van der Waals surface area contributed by atoms with Gasteiger partial charge in [0.25, 0.3) is 0 Å². The number of hydrogen-bond donors (Lipinski definition) is 1. The summed E-state index contributed by atoms with van der Waals surface area (Å²) in [6.07, 6.45) is 0.959. The van der Waals surface area contributed by atoms with Crippen LogP contribution < -0.4 is 4.74 Å². The van der Waals surface area contributed by atoms with Crippen LogP contribution in [-0.4, -0.2) is 67.3 Å². The molecule has 0 atom stereocenters. The summed E-state index contributed by atoms with van der Waals surface area (Å²) in [5, 5.41) is 8.91. The second-order valence-electron chi connectivity index (χ2n) is 5.18. The number of carbonyl (C=O) groups is 1. The summed E-state index contributed by atoms with van der Waals surface area (Å²) < 4.78 is 5.61. The minimum atomic E-state index is -0.923. The lowest BCUT2D eigenvalue weighted by Crippen LogP contribution is -2.44. The van der Waals surface area contributed by atoms with E-state index in [0.29, 0.717) is 12.4 Å². The molecule has 1 aromatic rings. The number of hydrogen-bond acceptors (Lipinski definition) is 4. The summed E-state index contributed by atoms with van der Waals surface area (Å²) in [5.41, 5.74) is 0.265. The SMILES string of the molecule is CN1CCN(CCCOc2cccc(C(=O)O)c2)CC1. The highest BCUT2D eigenvalue weighted by Crippen LogP contribution is 2.13. The fourth-order valence-corrected chi connectivity index (χ4v) is 2.27. The zero-order valence-electron chi connectivity index (χ0n) is 11.9. The van der Waals surface area contributed by atoms with Crippen molar-refractivity contribution in [3.63, 3.8) is 0 Å². The number of rotatable bonds is 6. The maximum Gasteiger partial charge on any atom is 0.335 e. The highest BCUT2D eigenvalue weighted by Gasteiger charge is 2.12. The Morgan fingerprint density at radius 2 is 2.05 bits per heavy atom. The number of ether oxygens (including phenoxy) is 1. The fourth-order valence-electron chi connectivity index (χ4n) is 2.27. The molecule has 0 radical (unpaired) electrons. The monoisotopic (exact) mass is 278 g/mol. The van der Waals surface area contributed by atoms with Crippen LogP contribution in [0.2, 0.25) is 0 Å². The van der Waals surface area contributed by atoms with Crippen molar-refractivity contribution in [2.24, 2.45) is 0 Å². The topological polar surface area (TPSA) is 53.0 Å². The van der Waals surface area contributed by atoms with E-state index in [1.807, 2.05) is 0 Å². The Morgan fingerprint density at radius 1 is 1.30 bits per heavy atom. The van der Waals surface area contributed by atoms with Crippen LogP contribution in [0.3, 0.4) is 0 Å². The summed E-state index contributed by atoms with van der Waals surface area (Å²) in [4.78, 5) is 15.6. The zero-order chi connectivity index (χ0) is 14.4. The zero-order valence-corrected chi connectivity index (χ0v) is 11.9. The normalized spacial score (nSPS) is 17.1. The first-order valence-electron chi connectivity index (χ1n) is 7.02. The maximum absolute atomic E-state index is 10.8. The summed E-state index contributed by atoms with van der Waals surface area (Å²) in [5.74, 6) is -0.295. The Balaban J connectivity index is 1.68. The Morgan fingerprint density at radius 3 is 2.75 bits per heavy atom. The summed E-state index contributed by atoms with van der Waals surface area (Å²) in [7, 11) is 2.15. The van der Waals surface area contributed by atoms with E-state index in [1.54, 1.807) is 24.3 Å². The van der Waals surface area contributed by atoms with Crippen molar-refractivity contribution in [3.05, 3.63) is 29.8 Å². The second-order valence-corrected chi connectivity index (χ2v) is 5.18. The van der Waals surface area contributed by atoms with Crippen LogP contribution in [0.15, 0.2) is 24.3 Å². The summed E-state index contributed by atoms with van der Waals surface area (Å²) >= 11 is 0. The van der Waals surface area contributed by atoms with Gasteiger partial charge in [0.05, 0.1) is 12.2 Å². The van der Waals surface area contributed by atoms with E-state index in [4.69, 9.17) is 9.84 Å². The molecule has 1 N–H and O–H groups in total. The van der Waals surface area contributed by atoms with Gasteiger partial charge in [-0.25, -0.2) is 4.79 Å². The quantitative estimate of drug-likeness (QED) is 0.797. The van der Waals surface area contributed by atoms with Crippen LogP contribution in [0.25, 0.3) is 0 Å². The highest BCUT2D eigenvalue weighted by atomic mass is 16.5. The van der Waals surface area contributed by atoms with E-state index < -0.39 is 5.97 Å². The standard InChI is InChI=1S/C15H22N2O3/c1-16-7-9-17(10-8-16)6-3-11-20-14-5-2-4-13(12-14)15(18)19/h2,4-5,12H,3,6-11H2,1H3,(H,18,19). The molecule has 0 spiro atoms. The third-order valence-electron chi connectivity index (χ3n) is 3.56. The van der Waals surface area contributed by atoms with Gasteiger partial charge < -0.3 is 19.6 Å². The van der Waals surface area contributed by atoms with Crippen molar-refractivity contribution >= 4 is 5.97 Å². The van der Waals surface area contributed by atoms with Crippen molar-refractivity contribution in [3.8, 4) is 5.75 Å². The molecule has 0 saturated carbocycles. The molecule has 0 unspecified atom stereocenters. The van der Waals surface area contributed by atoms with Gasteiger partial charge in [-0.1, -0.05) is 6.07 Å². The number of likely N-dealkylation sites (N-methyl/N-ethyl adjacent to an activating group) is 1. The molecule has 110 valence electrons. The van der Waals surface area contributed by atoms with Crippen LogP contribution in [-0.2, 0) is 0 Å². The van der Waals surface area contributed by atoms with Gasteiger partial charge in [-0.05, 0) is 31.7 Å². The molecule has 20 heavy (non-hydrogen) atoms. The number of carboxylic acids is 1. The third kappa shape index (κ3) is 4.51. The lowest BCUT2D eigenvalue weighted by atomic mass is 10.2. The van der Waals surface area contributed by atoms with Gasteiger partial charge in [0.1, 0.15) is 5.75 Å². The average molecular weight is 278 g/mol. The summed E-state index contributed by atoms with van der Waals surface area (Å²) in [6.45, 7) is 6.14. The van der Waals surface area contributed by atoms with E-state index in [1.165, 1.54) is 0 Å². The highest BCUT2D eigenvalue weighted by molar-refractivity contribution is 5.87. The van der Waals surface area contributed by atoms with Crippen LogP contribution in [0.1, 0.15) is 16.8 Å². The first-order valence-corrected chi connectivity index (χ1v) is 7.02. The third-order valence-corrected chi connectivity index (χ3v) is 3.56. The van der Waals surface area contributed by atoms with E-state index in [9.17, 15) is 4.79 Å². The van der Waals surface area contributed by atoms with E-state index in [0.717, 1.165) is 39.1 Å². The van der Waals surface area contributed by atoms with Crippen molar-refractivity contribution in [1.29, 1.82) is 0 Å². The van der Waals surface area contributed by atoms with E-state index in [-0.39, 0.29) is 5.56 Å². The van der Waals surface area contributed by atoms with Crippen molar-refractivity contribution in [2.45, 2.75) is 6.42 Å². The fraction of sp³-hybridized carbons (Fsp3) is 0.533. The Kier molecular flexibility index (Phi) is 5.38. The molecule has 0 amide bonds. The molecular weight excluding hydrogens is 256 g/mol. The van der Waals surface area contributed by atoms with E-state index >= 15 is 0 Å². The smallest absolute Gasteiger partial charge is 0.335 e. The average Bonchev–Trinajstić information content (AvgIpc) is 2.46. The second kappa shape index (κ2) is 7.26. The lowest BCUT2D eigenvalue weighted by Gasteiger charge is -2.32. The number of aromatic carboxylic acids is 1. The first-order chi connectivity index (χ1) is 9.65. The van der Waals surface area contributed by atoms with Gasteiger partial charge in [-0.3, -0.25) is 0 Å². The maximum atomic E-state index is 10.8. The molecule has 2 rings (SSSR count). The molecule has 1 aromatic carbocycles. The predicted octanol–water partition coefficient (Wildman–Crippen LogP) is 1.40. The van der Waals surface area contributed by atoms with E-state index in [2.05, 4.69) is 16.8 Å². The number of benzene rings is 1. The Hall–Kier alpha value is -1.59. The van der Waals surface area contributed by atoms with Gasteiger partial charge in [0, 0.05) is 32.7 Å². The largest absolute Gasteiger partial charge is 0.494 e. The van der Waals surface area contributed by atoms with Crippen molar-refractivity contribution in [2.75, 3.05) is 46.4 Å². The van der Waals surface area contributed by atoms with Crippen LogP contribution >= 0.6 is 0 Å². The molecule has 1 heterocycles. The number of nitrogens with zero attached hydrogens (tertiary/aromatic N) is 2. The van der Waals surface area contributed by atoms with Crippen LogP contribution in [0, 0.1) is 0 Å². The molecule has 1 aliphatic heterocycles. The molecule has 1 saturated heterocycles. The number of carboxylic acid groups (broad SMARTS) is 1. The Labute approximate surface area is 119 Å². The molecule has 0 aromatic heterocycles. The molecule has 1 fully saturated rings. The molecule has 5 nitrogen and oxygen atoms in total. The molecule has 0 bridgehead atoms. The van der Waals surface area contributed by atoms with Gasteiger partial charge in [-0.2, -0.15) is 0 Å². The minimum absolute atomic E-state index is 0.265. The van der Waals surface area contributed by atoms with Crippen molar-refractivity contribution in [1.82, 2.24) is 9.80 Å². The Bertz CT molecular complexity index is 442. The molecule has 5 heteroatoms. The predicted molar refractivity (Wildman–Crippen MR) is 77.5 cm³/mol. The van der Waals surface area contributed by atoms with Gasteiger partial charge in [-0.15, -0.1) is 0 Å². The van der Waals surface area contributed by atoms with Gasteiger partial charge >= 0.3 is 5.97 Å². The summed E-state index contributed by atoms with van der Waals surface area (Å²) in [6, 6.07) is 6.64. The molecule has 1 aliphatic rings. The van der Waals surface area contributed by atoms with Gasteiger partial charge in [0.2, 0.25) is 0 Å². The lowest BCUT2D eigenvalue weighted by molar-refractivity contribution is 0.0696. The first kappa shape index (κ1) is 14.8. The molecular formula is C15H22N2O3. The minimum Gasteiger partial charge on any atom is -0.494 e. The van der Waals surface area contributed by atoms with Crippen molar-refractivity contribution < 1.29 is 14.6 Å². The van der Waals surface area contributed by atoms with Crippen LogP contribution in [0.4, 0.5) is 0 Å². The van der Waals surface area contributed by atoms with Crippen LogP contribution in [0.5, 0.6) is 5.75 Å². The number of piperazine rings is 1.